The second kappa shape index (κ2) is 7.00. The van der Waals surface area contributed by atoms with Crippen molar-refractivity contribution in [2.24, 2.45) is 0 Å². The number of aryl methyl sites for hydroxylation is 2. The molecule has 2 rings (SSSR count). The van der Waals surface area contributed by atoms with Crippen molar-refractivity contribution in [2.45, 2.75) is 19.9 Å². The molecule has 0 aliphatic rings. The lowest BCUT2D eigenvalue weighted by atomic mass is 10.3. The second-order valence-corrected chi connectivity index (χ2v) is 5.53. The van der Waals surface area contributed by atoms with Crippen LogP contribution in [0.25, 0.3) is 0 Å². The molecule has 0 aliphatic carbocycles. The summed E-state index contributed by atoms with van der Waals surface area (Å²) in [4.78, 5) is 4.26. The normalized spacial score (nSPS) is 10.9. The minimum atomic E-state index is -0.675. The molecule has 0 bridgehead atoms. The molecule has 0 amide bonds. The van der Waals surface area contributed by atoms with Gasteiger partial charge in [-0.2, -0.15) is 0 Å². The molecule has 114 valence electrons. The number of anilines is 2. The van der Waals surface area contributed by atoms with Crippen molar-refractivity contribution in [3.8, 4) is 0 Å². The van der Waals surface area contributed by atoms with Gasteiger partial charge in [0.25, 0.3) is 0 Å². The molecule has 21 heavy (non-hydrogen) atoms. The fraction of sp³-hybridized carbons (Fsp3) is 0.357. The summed E-state index contributed by atoms with van der Waals surface area (Å²) in [6, 6.07) is 2.41. The Hall–Kier alpha value is -1.47. The van der Waals surface area contributed by atoms with E-state index in [1.807, 2.05) is 17.7 Å². The van der Waals surface area contributed by atoms with Crippen molar-refractivity contribution in [3.05, 3.63) is 40.1 Å². The van der Waals surface area contributed by atoms with Gasteiger partial charge >= 0.3 is 0 Å². The van der Waals surface area contributed by atoms with Crippen molar-refractivity contribution in [1.29, 1.82) is 0 Å². The third-order valence-electron chi connectivity index (χ3n) is 2.89. The lowest BCUT2D eigenvalue weighted by molar-refractivity contribution is 0.190. The van der Waals surface area contributed by atoms with Gasteiger partial charge in [0, 0.05) is 30.9 Å². The fourth-order valence-corrected chi connectivity index (χ4v) is 2.37. The summed E-state index contributed by atoms with van der Waals surface area (Å²) < 4.78 is 34.9. The molecule has 1 heterocycles. The molecule has 0 aliphatic heterocycles. The molecule has 0 unspecified atom stereocenters. The van der Waals surface area contributed by atoms with Crippen LogP contribution in [0.15, 0.2) is 22.8 Å². The van der Waals surface area contributed by atoms with E-state index >= 15 is 0 Å². The molecule has 7 heteroatoms. The second-order valence-electron chi connectivity index (χ2n) is 4.62. The third-order valence-corrected chi connectivity index (χ3v) is 3.35. The molecule has 2 aromatic rings. The predicted octanol–water partition coefficient (Wildman–Crippen LogP) is 4.01. The van der Waals surface area contributed by atoms with E-state index < -0.39 is 11.6 Å². The highest BCUT2D eigenvalue weighted by atomic mass is 79.9. The van der Waals surface area contributed by atoms with Crippen LogP contribution in [0.5, 0.6) is 0 Å². The number of imidazole rings is 1. The zero-order valence-electron chi connectivity index (χ0n) is 11.8. The summed E-state index contributed by atoms with van der Waals surface area (Å²) >= 11 is 3.05. The van der Waals surface area contributed by atoms with Gasteiger partial charge in [-0.3, -0.25) is 0 Å². The van der Waals surface area contributed by atoms with Gasteiger partial charge < -0.3 is 14.6 Å². The molecule has 0 spiro atoms. The van der Waals surface area contributed by atoms with Crippen LogP contribution in [0.4, 0.5) is 20.4 Å². The van der Waals surface area contributed by atoms with Crippen LogP contribution in [0.1, 0.15) is 12.1 Å². The lowest BCUT2D eigenvalue weighted by Crippen LogP contribution is -2.07. The number of methoxy groups -OCH3 is 1. The molecular formula is C14H16BrF2N3O. The monoisotopic (exact) mass is 359 g/mol. The largest absolute Gasteiger partial charge is 0.385 e. The van der Waals surface area contributed by atoms with E-state index in [0.29, 0.717) is 23.6 Å². The summed E-state index contributed by atoms with van der Waals surface area (Å²) in [5.41, 5.74) is 0.560. The van der Waals surface area contributed by atoms with E-state index in [2.05, 4.69) is 26.2 Å². The van der Waals surface area contributed by atoms with Crippen LogP contribution in [0.2, 0.25) is 0 Å². The van der Waals surface area contributed by atoms with Crippen LogP contribution < -0.4 is 5.32 Å². The fourth-order valence-electron chi connectivity index (χ4n) is 1.97. The average Bonchev–Trinajstić information content (AvgIpc) is 2.74. The Bertz CT molecular complexity index is 608. The van der Waals surface area contributed by atoms with Gasteiger partial charge in [-0.1, -0.05) is 15.9 Å². The molecule has 1 aromatic heterocycles. The van der Waals surface area contributed by atoms with E-state index in [1.165, 1.54) is 12.1 Å². The number of rotatable bonds is 6. The summed E-state index contributed by atoms with van der Waals surface area (Å²) in [6.45, 7) is 3.08. The minimum Gasteiger partial charge on any atom is -0.385 e. The molecular weight excluding hydrogens is 344 g/mol. The molecule has 4 nitrogen and oxygen atoms in total. The van der Waals surface area contributed by atoms with Gasteiger partial charge in [-0.05, 0) is 25.5 Å². The summed E-state index contributed by atoms with van der Waals surface area (Å²) in [5, 5.41) is 2.72. The van der Waals surface area contributed by atoms with E-state index in [4.69, 9.17) is 4.74 Å². The standard InChI is InChI=1S/C14H16BrF2N3O/c1-9-8-20(4-3-5-21-2)14(18-9)19-13-11(16)6-10(15)7-12(13)17/h6-8H,3-5H2,1-2H3,(H,18,19). The number of ether oxygens (including phenoxy) is 1. The zero-order valence-corrected chi connectivity index (χ0v) is 13.4. The van der Waals surface area contributed by atoms with Crippen LogP contribution in [-0.2, 0) is 11.3 Å². The van der Waals surface area contributed by atoms with Gasteiger partial charge in [0.15, 0.2) is 11.6 Å². The molecule has 1 aromatic carbocycles. The molecule has 0 radical (unpaired) electrons. The number of nitrogens with one attached hydrogen (secondary N) is 1. The first-order chi connectivity index (χ1) is 10.0. The van der Waals surface area contributed by atoms with Crippen LogP contribution >= 0.6 is 15.9 Å². The zero-order chi connectivity index (χ0) is 15.4. The van der Waals surface area contributed by atoms with E-state index in [0.717, 1.165) is 12.1 Å². The smallest absolute Gasteiger partial charge is 0.207 e. The highest BCUT2D eigenvalue weighted by molar-refractivity contribution is 9.10. The first-order valence-electron chi connectivity index (χ1n) is 6.45. The summed E-state index contributed by atoms with van der Waals surface area (Å²) in [7, 11) is 1.63. The average molecular weight is 360 g/mol. The van der Waals surface area contributed by atoms with Gasteiger partial charge in [-0.15, -0.1) is 0 Å². The number of aromatic nitrogens is 2. The van der Waals surface area contributed by atoms with E-state index in [1.54, 1.807) is 7.11 Å². The maximum atomic E-state index is 13.9. The predicted molar refractivity (Wildman–Crippen MR) is 80.8 cm³/mol. The Labute approximate surface area is 130 Å². The van der Waals surface area contributed by atoms with Crippen molar-refractivity contribution < 1.29 is 13.5 Å². The van der Waals surface area contributed by atoms with Crippen molar-refractivity contribution >= 4 is 27.6 Å². The molecule has 0 saturated carbocycles. The number of nitrogens with zero attached hydrogens (tertiary/aromatic N) is 2. The quantitative estimate of drug-likeness (QED) is 0.792. The van der Waals surface area contributed by atoms with Gasteiger partial charge in [0.2, 0.25) is 5.95 Å². The van der Waals surface area contributed by atoms with Gasteiger partial charge in [0.05, 0.1) is 5.69 Å². The Morgan fingerprint density at radius 2 is 2.00 bits per heavy atom. The SMILES string of the molecule is COCCCn1cc(C)nc1Nc1c(F)cc(Br)cc1F. The maximum absolute atomic E-state index is 13.9. The summed E-state index contributed by atoms with van der Waals surface area (Å²) in [6.07, 6.45) is 2.61. The first kappa shape index (κ1) is 15.9. The summed E-state index contributed by atoms with van der Waals surface area (Å²) in [5.74, 6) is -0.944. The van der Waals surface area contributed by atoms with E-state index in [9.17, 15) is 8.78 Å². The van der Waals surface area contributed by atoms with Crippen LogP contribution in [0.3, 0.4) is 0 Å². The molecule has 0 fully saturated rings. The Kier molecular flexibility index (Phi) is 5.30. The highest BCUT2D eigenvalue weighted by Crippen LogP contribution is 2.26. The molecule has 0 atom stereocenters. The van der Waals surface area contributed by atoms with Crippen molar-refractivity contribution in [2.75, 3.05) is 19.0 Å². The van der Waals surface area contributed by atoms with Crippen molar-refractivity contribution in [3.63, 3.8) is 0 Å². The minimum absolute atomic E-state index is 0.211. The molecule has 1 N–H and O–H groups in total. The van der Waals surface area contributed by atoms with Gasteiger partial charge in [0.1, 0.15) is 5.69 Å². The number of benzene rings is 1. The Morgan fingerprint density at radius 3 is 2.62 bits per heavy atom. The topological polar surface area (TPSA) is 39.1 Å². The van der Waals surface area contributed by atoms with E-state index in [-0.39, 0.29) is 5.69 Å². The maximum Gasteiger partial charge on any atom is 0.207 e. The number of halogens is 3. The Morgan fingerprint density at radius 1 is 1.33 bits per heavy atom. The third kappa shape index (κ3) is 4.01. The number of hydrogen-bond acceptors (Lipinski definition) is 3. The lowest BCUT2D eigenvalue weighted by Gasteiger charge is -2.11. The van der Waals surface area contributed by atoms with Crippen molar-refractivity contribution in [1.82, 2.24) is 9.55 Å². The first-order valence-corrected chi connectivity index (χ1v) is 7.25. The highest BCUT2D eigenvalue weighted by Gasteiger charge is 2.14. The van der Waals surface area contributed by atoms with Gasteiger partial charge in [-0.25, -0.2) is 13.8 Å². The number of hydrogen-bond donors (Lipinski definition) is 1. The van der Waals surface area contributed by atoms with Crippen LogP contribution in [0, 0.1) is 18.6 Å². The Balaban J connectivity index is 2.23. The van der Waals surface area contributed by atoms with Crippen LogP contribution in [-0.4, -0.2) is 23.3 Å². The molecule has 0 saturated heterocycles.